The van der Waals surface area contributed by atoms with Gasteiger partial charge in [0.2, 0.25) is 0 Å². The number of hydrogen-bond acceptors (Lipinski definition) is 3. The zero-order valence-corrected chi connectivity index (χ0v) is 14.8. The molecular formula is C21H17F4NO2. The van der Waals surface area contributed by atoms with Crippen molar-refractivity contribution in [2.24, 2.45) is 4.99 Å². The number of ketones is 1. The van der Waals surface area contributed by atoms with Gasteiger partial charge in [-0.2, -0.15) is 13.2 Å². The Balaban J connectivity index is 1.91. The first-order valence-corrected chi connectivity index (χ1v) is 8.63. The van der Waals surface area contributed by atoms with Crippen molar-refractivity contribution in [1.82, 2.24) is 0 Å². The van der Waals surface area contributed by atoms with Gasteiger partial charge in [0.05, 0.1) is 23.4 Å². The molecule has 0 saturated heterocycles. The van der Waals surface area contributed by atoms with Crippen LogP contribution in [0.25, 0.3) is 0 Å². The summed E-state index contributed by atoms with van der Waals surface area (Å²) in [7, 11) is 0. The Kier molecular flexibility index (Phi) is 5.63. The Morgan fingerprint density at radius 3 is 2.36 bits per heavy atom. The van der Waals surface area contributed by atoms with E-state index in [1.54, 1.807) is 0 Å². The normalized spacial score (nSPS) is 15.4. The Hall–Kier alpha value is -2.96. The molecule has 7 heteroatoms. The van der Waals surface area contributed by atoms with Crippen LogP contribution < -0.4 is 0 Å². The third-order valence-electron chi connectivity index (χ3n) is 4.44. The summed E-state index contributed by atoms with van der Waals surface area (Å²) < 4.78 is 51.8. The number of rotatable bonds is 5. The van der Waals surface area contributed by atoms with Crippen molar-refractivity contribution < 1.29 is 27.5 Å². The zero-order valence-electron chi connectivity index (χ0n) is 14.8. The third kappa shape index (κ3) is 4.65. The lowest BCUT2D eigenvalue weighted by Gasteiger charge is -2.10. The van der Waals surface area contributed by atoms with Gasteiger partial charge in [0, 0.05) is 19.3 Å². The van der Waals surface area contributed by atoms with Gasteiger partial charge in [-0.15, -0.1) is 0 Å². The molecule has 3 rings (SSSR count). The number of carbonyl (C=O) groups is 1. The van der Waals surface area contributed by atoms with Gasteiger partial charge in [0.1, 0.15) is 11.6 Å². The SMILES string of the molecule is O=C1CCC(O)=C1C(Cc1ccc(F)cc1)=NCc1cccc(C(F)(F)F)c1. The van der Waals surface area contributed by atoms with Crippen LogP contribution in [0, 0.1) is 5.82 Å². The van der Waals surface area contributed by atoms with Crippen molar-refractivity contribution in [2.75, 3.05) is 0 Å². The molecule has 0 unspecified atom stereocenters. The fourth-order valence-electron chi connectivity index (χ4n) is 3.02. The van der Waals surface area contributed by atoms with E-state index in [4.69, 9.17) is 0 Å². The molecule has 0 radical (unpaired) electrons. The Labute approximate surface area is 159 Å². The van der Waals surface area contributed by atoms with Crippen LogP contribution >= 0.6 is 0 Å². The number of nitrogens with zero attached hydrogens (tertiary/aromatic N) is 1. The number of carbonyl (C=O) groups excluding carboxylic acids is 1. The number of aliphatic imine (C=N–C) groups is 1. The van der Waals surface area contributed by atoms with E-state index in [-0.39, 0.29) is 48.6 Å². The Bertz CT molecular complexity index is 944. The van der Waals surface area contributed by atoms with Gasteiger partial charge in [0.25, 0.3) is 0 Å². The lowest BCUT2D eigenvalue weighted by molar-refractivity contribution is -0.137. The van der Waals surface area contributed by atoms with Crippen LogP contribution in [0.2, 0.25) is 0 Å². The van der Waals surface area contributed by atoms with Gasteiger partial charge < -0.3 is 5.11 Å². The molecule has 2 aromatic carbocycles. The topological polar surface area (TPSA) is 49.7 Å². The molecular weight excluding hydrogens is 374 g/mol. The highest BCUT2D eigenvalue weighted by Gasteiger charge is 2.30. The second-order valence-electron chi connectivity index (χ2n) is 6.51. The van der Waals surface area contributed by atoms with Crippen LogP contribution in [0.3, 0.4) is 0 Å². The van der Waals surface area contributed by atoms with E-state index in [1.807, 2.05) is 0 Å². The molecule has 0 bridgehead atoms. The van der Waals surface area contributed by atoms with E-state index >= 15 is 0 Å². The van der Waals surface area contributed by atoms with Crippen LogP contribution in [0.5, 0.6) is 0 Å². The second-order valence-corrected chi connectivity index (χ2v) is 6.51. The minimum Gasteiger partial charge on any atom is -0.511 e. The smallest absolute Gasteiger partial charge is 0.416 e. The standard InChI is InChI=1S/C21H17F4NO2/c22-16-6-4-13(5-7-16)11-17(20-18(27)8-9-19(20)28)26-12-14-2-1-3-15(10-14)21(23,24)25/h1-7,10,27H,8-9,11-12H2. The highest BCUT2D eigenvalue weighted by molar-refractivity contribution is 6.24. The number of hydrogen-bond donors (Lipinski definition) is 1. The fraction of sp³-hybridized carbons (Fsp3) is 0.238. The number of alkyl halides is 3. The Morgan fingerprint density at radius 1 is 1.04 bits per heavy atom. The van der Waals surface area contributed by atoms with Gasteiger partial charge in [-0.3, -0.25) is 9.79 Å². The quantitative estimate of drug-likeness (QED) is 0.562. The molecule has 2 aromatic rings. The molecule has 0 atom stereocenters. The predicted molar refractivity (Wildman–Crippen MR) is 96.6 cm³/mol. The fourth-order valence-corrected chi connectivity index (χ4v) is 3.02. The van der Waals surface area contributed by atoms with Crippen molar-refractivity contribution >= 4 is 11.5 Å². The molecule has 0 saturated carbocycles. The van der Waals surface area contributed by atoms with Crippen LogP contribution in [-0.2, 0) is 23.9 Å². The highest BCUT2D eigenvalue weighted by atomic mass is 19.4. The number of halogens is 4. The summed E-state index contributed by atoms with van der Waals surface area (Å²) in [6, 6.07) is 10.4. The summed E-state index contributed by atoms with van der Waals surface area (Å²) >= 11 is 0. The average molecular weight is 391 g/mol. The lowest BCUT2D eigenvalue weighted by atomic mass is 10.00. The second kappa shape index (κ2) is 7.96. The number of aliphatic hydroxyl groups excluding tert-OH is 1. The van der Waals surface area contributed by atoms with E-state index in [1.165, 1.54) is 36.4 Å². The monoisotopic (exact) mass is 391 g/mol. The third-order valence-corrected chi connectivity index (χ3v) is 4.44. The van der Waals surface area contributed by atoms with Crippen molar-refractivity contribution in [2.45, 2.75) is 32.0 Å². The van der Waals surface area contributed by atoms with E-state index in [0.717, 1.165) is 12.1 Å². The first-order chi connectivity index (χ1) is 13.2. The van der Waals surface area contributed by atoms with Crippen LogP contribution in [0.1, 0.15) is 29.5 Å². The minimum absolute atomic E-state index is 0.0742. The molecule has 1 aliphatic carbocycles. The van der Waals surface area contributed by atoms with Crippen molar-refractivity contribution in [3.63, 3.8) is 0 Å². The summed E-state index contributed by atoms with van der Waals surface area (Å²) in [5.74, 6) is -0.748. The van der Waals surface area contributed by atoms with Gasteiger partial charge >= 0.3 is 6.18 Å². The summed E-state index contributed by atoms with van der Waals surface area (Å²) in [4.78, 5) is 16.5. The van der Waals surface area contributed by atoms with E-state index < -0.39 is 17.6 Å². The molecule has 0 spiro atoms. The summed E-state index contributed by atoms with van der Waals surface area (Å²) in [5.41, 5.74) is 0.612. The molecule has 0 amide bonds. The van der Waals surface area contributed by atoms with Crippen molar-refractivity contribution in [1.29, 1.82) is 0 Å². The maximum absolute atomic E-state index is 13.1. The largest absolute Gasteiger partial charge is 0.511 e. The molecule has 1 N–H and O–H groups in total. The number of aliphatic hydroxyl groups is 1. The van der Waals surface area contributed by atoms with E-state index in [9.17, 15) is 27.5 Å². The minimum atomic E-state index is -4.46. The van der Waals surface area contributed by atoms with Gasteiger partial charge in [0.15, 0.2) is 5.78 Å². The van der Waals surface area contributed by atoms with Crippen molar-refractivity contribution in [3.8, 4) is 0 Å². The maximum atomic E-state index is 13.1. The molecule has 28 heavy (non-hydrogen) atoms. The maximum Gasteiger partial charge on any atom is 0.416 e. The van der Waals surface area contributed by atoms with Gasteiger partial charge in [-0.05, 0) is 35.4 Å². The summed E-state index contributed by atoms with van der Waals surface area (Å²) in [6.07, 6.45) is -3.93. The average Bonchev–Trinajstić information content (AvgIpc) is 2.98. The van der Waals surface area contributed by atoms with Gasteiger partial charge in [-0.25, -0.2) is 4.39 Å². The summed E-state index contributed by atoms with van der Waals surface area (Å²) in [6.45, 7) is -0.0789. The molecule has 0 aliphatic heterocycles. The molecule has 0 aromatic heterocycles. The van der Waals surface area contributed by atoms with Crippen LogP contribution in [0.4, 0.5) is 17.6 Å². The zero-order chi connectivity index (χ0) is 20.3. The van der Waals surface area contributed by atoms with E-state index in [2.05, 4.69) is 4.99 Å². The molecule has 146 valence electrons. The molecule has 1 aliphatic rings. The number of allylic oxidation sites excluding steroid dienone is 2. The van der Waals surface area contributed by atoms with E-state index in [0.29, 0.717) is 11.1 Å². The highest BCUT2D eigenvalue weighted by Crippen LogP contribution is 2.30. The first kappa shape index (κ1) is 19.8. The van der Waals surface area contributed by atoms with Gasteiger partial charge in [-0.1, -0.05) is 24.3 Å². The molecule has 0 fully saturated rings. The van der Waals surface area contributed by atoms with Crippen LogP contribution in [0.15, 0.2) is 64.9 Å². The molecule has 0 heterocycles. The summed E-state index contributed by atoms with van der Waals surface area (Å²) in [5, 5.41) is 10.1. The Morgan fingerprint density at radius 2 is 1.75 bits per heavy atom. The lowest BCUT2D eigenvalue weighted by Crippen LogP contribution is -2.14. The predicted octanol–water partition coefficient (Wildman–Crippen LogP) is 5.20. The van der Waals surface area contributed by atoms with Crippen LogP contribution in [-0.4, -0.2) is 16.6 Å². The number of benzene rings is 2. The number of Topliss-reactive ketones (excluding diaryl/α,β-unsaturated/α-hetero) is 1. The molecule has 3 nitrogen and oxygen atoms in total. The van der Waals surface area contributed by atoms with Crippen molar-refractivity contribution in [3.05, 3.63) is 82.4 Å². The first-order valence-electron chi connectivity index (χ1n) is 8.63.